The summed E-state index contributed by atoms with van der Waals surface area (Å²) in [5, 5.41) is 3.68. The van der Waals surface area contributed by atoms with E-state index in [2.05, 4.69) is 82.2 Å². The molecule has 0 amide bonds. The van der Waals surface area contributed by atoms with Gasteiger partial charge in [-0.05, 0) is 38.4 Å². The molecule has 1 aromatic rings. The first-order valence-electron chi connectivity index (χ1n) is 8.03. The van der Waals surface area contributed by atoms with E-state index in [0.29, 0.717) is 24.0 Å². The molecule has 2 nitrogen and oxygen atoms in total. The van der Waals surface area contributed by atoms with Crippen molar-refractivity contribution in [3.8, 4) is 0 Å². The van der Waals surface area contributed by atoms with Gasteiger partial charge in [0.15, 0.2) is 0 Å². The maximum Gasteiger partial charge on any atom is 0.0477 e. The summed E-state index contributed by atoms with van der Waals surface area (Å²) in [5.74, 6) is 0.673. The molecular formula is C18H32N2. The summed E-state index contributed by atoms with van der Waals surface area (Å²) >= 11 is 0. The molecular weight excluding hydrogens is 244 g/mol. The smallest absolute Gasteiger partial charge is 0.0477 e. The number of benzene rings is 1. The summed E-state index contributed by atoms with van der Waals surface area (Å²) < 4.78 is 0. The lowest BCUT2D eigenvalue weighted by Gasteiger charge is -2.40. The van der Waals surface area contributed by atoms with Crippen molar-refractivity contribution in [2.24, 2.45) is 5.92 Å². The number of hydrogen-bond acceptors (Lipinski definition) is 2. The van der Waals surface area contributed by atoms with Crippen LogP contribution in [0.4, 0.5) is 0 Å². The fourth-order valence-electron chi connectivity index (χ4n) is 2.89. The van der Waals surface area contributed by atoms with Gasteiger partial charge in [-0.2, -0.15) is 0 Å². The summed E-state index contributed by atoms with van der Waals surface area (Å²) in [6.07, 6.45) is 1.15. The van der Waals surface area contributed by atoms with Gasteiger partial charge in [-0.1, -0.05) is 58.0 Å². The van der Waals surface area contributed by atoms with E-state index in [9.17, 15) is 0 Å². The van der Waals surface area contributed by atoms with Crippen LogP contribution in [0.15, 0.2) is 30.3 Å². The van der Waals surface area contributed by atoms with Crippen molar-refractivity contribution in [2.75, 3.05) is 13.6 Å². The van der Waals surface area contributed by atoms with Crippen LogP contribution in [-0.2, 0) is 0 Å². The second-order valence-electron chi connectivity index (χ2n) is 6.07. The molecule has 20 heavy (non-hydrogen) atoms. The zero-order valence-electron chi connectivity index (χ0n) is 14.1. The van der Waals surface area contributed by atoms with E-state index < -0.39 is 0 Å². The highest BCUT2D eigenvalue weighted by Gasteiger charge is 2.28. The molecule has 0 aliphatic carbocycles. The maximum absolute atomic E-state index is 3.68. The number of rotatable bonds is 8. The SMILES string of the molecule is CCNC(c1ccccc1)C(CC)N(C)C(C)C(C)C. The largest absolute Gasteiger partial charge is 0.309 e. The van der Waals surface area contributed by atoms with Crippen LogP contribution in [-0.4, -0.2) is 30.6 Å². The average molecular weight is 276 g/mol. The van der Waals surface area contributed by atoms with Crippen LogP contribution in [0.1, 0.15) is 52.6 Å². The Morgan fingerprint density at radius 3 is 2.10 bits per heavy atom. The van der Waals surface area contributed by atoms with Crippen molar-refractivity contribution < 1.29 is 0 Å². The van der Waals surface area contributed by atoms with Crippen molar-refractivity contribution in [3.63, 3.8) is 0 Å². The van der Waals surface area contributed by atoms with Gasteiger partial charge in [0.2, 0.25) is 0 Å². The minimum atomic E-state index is 0.400. The number of likely N-dealkylation sites (N-methyl/N-ethyl adjacent to an activating group) is 2. The summed E-state index contributed by atoms with van der Waals surface area (Å²) in [6.45, 7) is 12.4. The Morgan fingerprint density at radius 1 is 1.05 bits per heavy atom. The van der Waals surface area contributed by atoms with Gasteiger partial charge in [-0.15, -0.1) is 0 Å². The van der Waals surface area contributed by atoms with Crippen LogP contribution in [0.2, 0.25) is 0 Å². The van der Waals surface area contributed by atoms with Crippen LogP contribution < -0.4 is 5.32 Å². The molecule has 0 aromatic heterocycles. The van der Waals surface area contributed by atoms with Crippen LogP contribution in [0.5, 0.6) is 0 Å². The molecule has 0 heterocycles. The second kappa shape index (κ2) is 8.43. The van der Waals surface area contributed by atoms with Gasteiger partial charge in [-0.3, -0.25) is 4.90 Å². The first-order chi connectivity index (χ1) is 9.52. The summed E-state index contributed by atoms with van der Waals surface area (Å²) in [5.41, 5.74) is 1.39. The fraction of sp³-hybridized carbons (Fsp3) is 0.667. The molecule has 3 atom stereocenters. The molecule has 0 spiro atoms. The van der Waals surface area contributed by atoms with Crippen LogP contribution in [0, 0.1) is 5.92 Å². The van der Waals surface area contributed by atoms with E-state index in [1.54, 1.807) is 0 Å². The molecule has 0 aliphatic rings. The van der Waals surface area contributed by atoms with Gasteiger partial charge < -0.3 is 5.32 Å². The average Bonchev–Trinajstić information content (AvgIpc) is 2.46. The zero-order chi connectivity index (χ0) is 15.1. The zero-order valence-corrected chi connectivity index (χ0v) is 14.1. The highest BCUT2D eigenvalue weighted by molar-refractivity contribution is 5.20. The normalized spacial score (nSPS) is 16.4. The minimum Gasteiger partial charge on any atom is -0.309 e. The van der Waals surface area contributed by atoms with E-state index in [4.69, 9.17) is 0 Å². The standard InChI is InChI=1S/C18H32N2/c1-7-17(20(6)15(5)14(3)4)18(19-8-2)16-12-10-9-11-13-16/h9-15,17-19H,7-8H2,1-6H3. The highest BCUT2D eigenvalue weighted by atomic mass is 15.2. The predicted octanol–water partition coefficient (Wildman–Crippen LogP) is 4.09. The molecule has 0 saturated heterocycles. The molecule has 1 rings (SSSR count). The van der Waals surface area contributed by atoms with Gasteiger partial charge >= 0.3 is 0 Å². The van der Waals surface area contributed by atoms with Crippen molar-refractivity contribution >= 4 is 0 Å². The van der Waals surface area contributed by atoms with E-state index in [-0.39, 0.29) is 0 Å². The third kappa shape index (κ3) is 4.32. The second-order valence-corrected chi connectivity index (χ2v) is 6.07. The minimum absolute atomic E-state index is 0.400. The fourth-order valence-corrected chi connectivity index (χ4v) is 2.89. The molecule has 0 saturated carbocycles. The topological polar surface area (TPSA) is 15.3 Å². The van der Waals surface area contributed by atoms with Gasteiger partial charge in [0, 0.05) is 18.1 Å². The number of nitrogens with one attached hydrogen (secondary N) is 1. The van der Waals surface area contributed by atoms with Crippen LogP contribution >= 0.6 is 0 Å². The Balaban J connectivity index is 2.97. The molecule has 2 heteroatoms. The number of nitrogens with zero attached hydrogens (tertiary/aromatic N) is 1. The summed E-state index contributed by atoms with van der Waals surface area (Å²) in [7, 11) is 2.27. The molecule has 0 fully saturated rings. The van der Waals surface area contributed by atoms with Crippen LogP contribution in [0.3, 0.4) is 0 Å². The number of hydrogen-bond donors (Lipinski definition) is 1. The van der Waals surface area contributed by atoms with Gasteiger partial charge in [-0.25, -0.2) is 0 Å². The summed E-state index contributed by atoms with van der Waals surface area (Å²) in [6, 6.07) is 12.4. The first kappa shape index (κ1) is 17.2. The maximum atomic E-state index is 3.68. The van der Waals surface area contributed by atoms with E-state index in [1.165, 1.54) is 5.56 Å². The quantitative estimate of drug-likeness (QED) is 0.769. The molecule has 0 radical (unpaired) electrons. The first-order valence-corrected chi connectivity index (χ1v) is 8.03. The van der Waals surface area contributed by atoms with Crippen molar-refractivity contribution in [2.45, 2.75) is 59.2 Å². The lowest BCUT2D eigenvalue weighted by molar-refractivity contribution is 0.115. The predicted molar refractivity (Wildman–Crippen MR) is 89.0 cm³/mol. The Labute approximate surface area is 125 Å². The van der Waals surface area contributed by atoms with E-state index in [0.717, 1.165) is 13.0 Å². The van der Waals surface area contributed by atoms with Crippen molar-refractivity contribution in [1.82, 2.24) is 10.2 Å². The van der Waals surface area contributed by atoms with E-state index >= 15 is 0 Å². The van der Waals surface area contributed by atoms with Gasteiger partial charge in [0.25, 0.3) is 0 Å². The van der Waals surface area contributed by atoms with E-state index in [1.807, 2.05) is 0 Å². The Bertz CT molecular complexity index is 361. The molecule has 1 N–H and O–H groups in total. The van der Waals surface area contributed by atoms with Crippen molar-refractivity contribution in [3.05, 3.63) is 35.9 Å². The lowest BCUT2D eigenvalue weighted by atomic mass is 9.93. The Hall–Kier alpha value is -0.860. The lowest BCUT2D eigenvalue weighted by Crippen LogP contribution is -2.47. The van der Waals surface area contributed by atoms with Gasteiger partial charge in [0.1, 0.15) is 0 Å². The monoisotopic (exact) mass is 276 g/mol. The van der Waals surface area contributed by atoms with Crippen molar-refractivity contribution in [1.29, 1.82) is 0 Å². The molecule has 1 aromatic carbocycles. The molecule has 114 valence electrons. The highest BCUT2D eigenvalue weighted by Crippen LogP contribution is 2.25. The van der Waals surface area contributed by atoms with Gasteiger partial charge in [0.05, 0.1) is 0 Å². The molecule has 3 unspecified atom stereocenters. The molecule has 0 bridgehead atoms. The van der Waals surface area contributed by atoms with Crippen LogP contribution in [0.25, 0.3) is 0 Å². The third-order valence-electron chi connectivity index (χ3n) is 4.52. The summed E-state index contributed by atoms with van der Waals surface area (Å²) in [4.78, 5) is 2.55. The Morgan fingerprint density at radius 2 is 1.65 bits per heavy atom. The third-order valence-corrected chi connectivity index (χ3v) is 4.52. The molecule has 0 aliphatic heterocycles. The Kier molecular flexibility index (Phi) is 7.25.